The molecule has 1 fully saturated rings. The van der Waals surface area contributed by atoms with Gasteiger partial charge in [0.1, 0.15) is 5.75 Å². The smallest absolute Gasteiger partial charge is 0.387 e. The van der Waals surface area contributed by atoms with Crippen LogP contribution in [0.2, 0.25) is 0 Å². The number of benzene rings is 1. The fourth-order valence-corrected chi connectivity index (χ4v) is 3.39. The van der Waals surface area contributed by atoms with Crippen LogP contribution in [0.15, 0.2) is 29.4 Å². The van der Waals surface area contributed by atoms with Crippen LogP contribution in [0, 0.1) is 0 Å². The fraction of sp³-hybridized carbons (Fsp3) is 0.467. The molecular weight excluding hydrogens is 338 g/mol. The lowest BCUT2D eigenvalue weighted by molar-refractivity contribution is -0.0498. The average Bonchev–Trinajstić information content (AvgIpc) is 2.95. The molecular formula is C15H18F2N4O2S. The third-order valence-corrected chi connectivity index (χ3v) is 4.75. The van der Waals surface area contributed by atoms with Crippen molar-refractivity contribution in [1.82, 2.24) is 14.9 Å². The van der Waals surface area contributed by atoms with Crippen molar-refractivity contribution in [2.45, 2.75) is 37.1 Å². The summed E-state index contributed by atoms with van der Waals surface area (Å²) in [5, 5.41) is 8.76. The molecule has 1 aromatic heterocycles. The zero-order chi connectivity index (χ0) is 16.9. The van der Waals surface area contributed by atoms with E-state index in [1.165, 1.54) is 35.0 Å². The first kappa shape index (κ1) is 17.0. The van der Waals surface area contributed by atoms with E-state index in [4.69, 9.17) is 10.6 Å². The van der Waals surface area contributed by atoms with E-state index in [-0.39, 0.29) is 11.9 Å². The summed E-state index contributed by atoms with van der Waals surface area (Å²) in [7, 11) is 0. The van der Waals surface area contributed by atoms with Crippen molar-refractivity contribution < 1.29 is 18.3 Å². The zero-order valence-corrected chi connectivity index (χ0v) is 13.7. The fourth-order valence-electron chi connectivity index (χ4n) is 2.46. The van der Waals surface area contributed by atoms with Gasteiger partial charge in [-0.15, -0.1) is 10.2 Å². The minimum atomic E-state index is -2.85. The van der Waals surface area contributed by atoms with E-state index in [1.54, 1.807) is 12.1 Å². The molecule has 1 aromatic carbocycles. The number of nitrogen functional groups attached to an aromatic ring is 1. The van der Waals surface area contributed by atoms with Crippen molar-refractivity contribution in [2.24, 2.45) is 0 Å². The highest BCUT2D eigenvalue weighted by molar-refractivity contribution is 7.99. The van der Waals surface area contributed by atoms with Gasteiger partial charge in [-0.25, -0.2) is 4.68 Å². The molecule has 24 heavy (non-hydrogen) atoms. The Bertz CT molecular complexity index is 660. The Kier molecular flexibility index (Phi) is 5.52. The van der Waals surface area contributed by atoms with Crippen LogP contribution in [0.5, 0.6) is 5.75 Å². The lowest BCUT2D eigenvalue weighted by Gasteiger charge is -2.21. The first-order valence-electron chi connectivity index (χ1n) is 7.63. The second-order valence-corrected chi connectivity index (χ2v) is 6.37. The number of hydrogen-bond acceptors (Lipinski definition) is 6. The second-order valence-electron chi connectivity index (χ2n) is 5.38. The van der Waals surface area contributed by atoms with E-state index < -0.39 is 6.61 Å². The molecule has 1 unspecified atom stereocenters. The Morgan fingerprint density at radius 1 is 1.29 bits per heavy atom. The molecule has 0 spiro atoms. The molecule has 0 bridgehead atoms. The zero-order valence-electron chi connectivity index (χ0n) is 12.9. The standard InChI is InChI=1S/C15H18F2N4O2S/c16-14(17)23-11-6-4-10(5-7-11)13-19-20-15(21(13)18)24-9-12-3-1-2-8-22-12/h4-7,12,14H,1-3,8-9,18H2. The molecule has 9 heteroatoms. The SMILES string of the molecule is Nn1c(SCC2CCCCO2)nnc1-c1ccc(OC(F)F)cc1. The number of aromatic nitrogens is 3. The molecule has 3 rings (SSSR count). The Balaban J connectivity index is 1.65. The summed E-state index contributed by atoms with van der Waals surface area (Å²) in [5.41, 5.74) is 0.674. The molecule has 2 N–H and O–H groups in total. The summed E-state index contributed by atoms with van der Waals surface area (Å²) in [5.74, 6) is 7.37. The lowest BCUT2D eigenvalue weighted by Crippen LogP contribution is -2.22. The quantitative estimate of drug-likeness (QED) is 0.634. The molecule has 2 heterocycles. The summed E-state index contributed by atoms with van der Waals surface area (Å²) < 4.78 is 35.7. The summed E-state index contributed by atoms with van der Waals surface area (Å²) >= 11 is 1.50. The summed E-state index contributed by atoms with van der Waals surface area (Å²) in [4.78, 5) is 0. The molecule has 1 atom stereocenters. The average molecular weight is 356 g/mol. The third-order valence-electron chi connectivity index (χ3n) is 3.67. The van der Waals surface area contributed by atoms with Gasteiger partial charge in [0.15, 0.2) is 5.82 Å². The summed E-state index contributed by atoms with van der Waals surface area (Å²) in [6, 6.07) is 6.12. The van der Waals surface area contributed by atoms with Crippen LogP contribution in [0.3, 0.4) is 0 Å². The van der Waals surface area contributed by atoms with Gasteiger partial charge in [-0.3, -0.25) is 0 Å². The number of alkyl halides is 2. The first-order valence-corrected chi connectivity index (χ1v) is 8.62. The lowest BCUT2D eigenvalue weighted by atomic mass is 10.1. The maximum Gasteiger partial charge on any atom is 0.387 e. The topological polar surface area (TPSA) is 75.2 Å². The van der Waals surface area contributed by atoms with E-state index in [0.29, 0.717) is 16.5 Å². The van der Waals surface area contributed by atoms with Gasteiger partial charge in [-0.2, -0.15) is 8.78 Å². The van der Waals surface area contributed by atoms with Gasteiger partial charge in [0.25, 0.3) is 0 Å². The number of thioether (sulfide) groups is 1. The normalized spacial score (nSPS) is 18.0. The van der Waals surface area contributed by atoms with Crippen molar-refractivity contribution in [1.29, 1.82) is 0 Å². The highest BCUT2D eigenvalue weighted by atomic mass is 32.2. The number of halogens is 2. The second kappa shape index (κ2) is 7.80. The highest BCUT2D eigenvalue weighted by Gasteiger charge is 2.17. The maximum absolute atomic E-state index is 12.2. The number of nitrogens with two attached hydrogens (primary N) is 1. The van der Waals surface area contributed by atoms with Crippen LogP contribution < -0.4 is 10.6 Å². The number of nitrogens with zero attached hydrogens (tertiary/aromatic N) is 3. The molecule has 6 nitrogen and oxygen atoms in total. The summed E-state index contributed by atoms with van der Waals surface area (Å²) in [6.45, 7) is -2.04. The Hall–Kier alpha value is -1.87. The monoisotopic (exact) mass is 356 g/mol. The molecule has 0 radical (unpaired) electrons. The van der Waals surface area contributed by atoms with Crippen LogP contribution in [0.4, 0.5) is 8.78 Å². The van der Waals surface area contributed by atoms with Crippen molar-refractivity contribution in [3.8, 4) is 17.1 Å². The van der Waals surface area contributed by atoms with Gasteiger partial charge in [0.2, 0.25) is 5.16 Å². The van der Waals surface area contributed by atoms with E-state index in [9.17, 15) is 8.78 Å². The van der Waals surface area contributed by atoms with Crippen LogP contribution in [0.25, 0.3) is 11.4 Å². The van der Waals surface area contributed by atoms with Gasteiger partial charge >= 0.3 is 6.61 Å². The maximum atomic E-state index is 12.2. The van der Waals surface area contributed by atoms with Crippen LogP contribution in [-0.2, 0) is 4.74 Å². The van der Waals surface area contributed by atoms with Gasteiger partial charge in [-0.05, 0) is 43.5 Å². The molecule has 0 saturated carbocycles. The van der Waals surface area contributed by atoms with Gasteiger partial charge < -0.3 is 15.3 Å². The Labute approximate surface area is 142 Å². The molecule has 2 aromatic rings. The van der Waals surface area contributed by atoms with E-state index in [2.05, 4.69) is 14.9 Å². The largest absolute Gasteiger partial charge is 0.435 e. The van der Waals surface area contributed by atoms with Gasteiger partial charge in [0.05, 0.1) is 6.10 Å². The number of rotatable bonds is 6. The van der Waals surface area contributed by atoms with E-state index in [0.717, 1.165) is 25.2 Å². The molecule has 1 aliphatic rings. The molecule has 1 aliphatic heterocycles. The van der Waals surface area contributed by atoms with Crippen LogP contribution in [-0.4, -0.2) is 39.9 Å². The minimum absolute atomic E-state index is 0.0842. The third kappa shape index (κ3) is 4.15. The molecule has 1 saturated heterocycles. The number of hydrogen-bond donors (Lipinski definition) is 1. The molecule has 0 amide bonds. The van der Waals surface area contributed by atoms with Crippen LogP contribution >= 0.6 is 11.8 Å². The Morgan fingerprint density at radius 2 is 2.08 bits per heavy atom. The van der Waals surface area contributed by atoms with Crippen molar-refractivity contribution in [2.75, 3.05) is 18.2 Å². The van der Waals surface area contributed by atoms with E-state index in [1.807, 2.05) is 0 Å². The van der Waals surface area contributed by atoms with Crippen molar-refractivity contribution in [3.63, 3.8) is 0 Å². The Morgan fingerprint density at radius 3 is 2.75 bits per heavy atom. The predicted molar refractivity (Wildman–Crippen MR) is 86.6 cm³/mol. The summed E-state index contributed by atoms with van der Waals surface area (Å²) in [6.07, 6.45) is 3.56. The molecule has 0 aliphatic carbocycles. The van der Waals surface area contributed by atoms with E-state index >= 15 is 0 Å². The van der Waals surface area contributed by atoms with Crippen molar-refractivity contribution in [3.05, 3.63) is 24.3 Å². The van der Waals surface area contributed by atoms with Crippen molar-refractivity contribution >= 4 is 11.8 Å². The molecule has 130 valence electrons. The van der Waals surface area contributed by atoms with Crippen LogP contribution in [0.1, 0.15) is 19.3 Å². The minimum Gasteiger partial charge on any atom is -0.435 e. The van der Waals surface area contributed by atoms with Gasteiger partial charge in [0, 0.05) is 17.9 Å². The predicted octanol–water partition coefficient (Wildman–Crippen LogP) is 2.92. The van der Waals surface area contributed by atoms with Gasteiger partial charge in [-0.1, -0.05) is 11.8 Å². The first-order chi connectivity index (χ1) is 11.6. The highest BCUT2D eigenvalue weighted by Crippen LogP contribution is 2.26. The number of ether oxygens (including phenoxy) is 2.